The third-order valence-corrected chi connectivity index (χ3v) is 5.10. The minimum absolute atomic E-state index is 0.00270. The fourth-order valence-electron chi connectivity index (χ4n) is 3.42. The van der Waals surface area contributed by atoms with E-state index in [0.29, 0.717) is 12.1 Å². The summed E-state index contributed by atoms with van der Waals surface area (Å²) in [6, 6.07) is 11.7. The third-order valence-electron chi connectivity index (χ3n) is 5.10. The third kappa shape index (κ3) is 4.33. The van der Waals surface area contributed by atoms with E-state index in [1.165, 1.54) is 6.20 Å². The van der Waals surface area contributed by atoms with Crippen molar-refractivity contribution in [2.45, 2.75) is 13.0 Å². The van der Waals surface area contributed by atoms with Crippen LogP contribution in [0.25, 0.3) is 22.7 Å². The Morgan fingerprint density at radius 3 is 2.41 bits per heavy atom. The number of rotatable bonds is 6. The summed E-state index contributed by atoms with van der Waals surface area (Å²) in [5.41, 5.74) is 4.09. The lowest BCUT2D eigenvalue weighted by Gasteiger charge is -2.28. The van der Waals surface area contributed by atoms with E-state index in [1.54, 1.807) is 16.8 Å². The summed E-state index contributed by atoms with van der Waals surface area (Å²) in [4.78, 5) is 6.62. The van der Waals surface area contributed by atoms with Gasteiger partial charge in [-0.15, -0.1) is 15.3 Å². The standard InChI is InChI=1S/C21H19F2N7O2/c22-19(23)21-27-26-20(32-21)15-1-4-16(24-11-15)12-30-13-18(25-28-30)14-2-5-17(6-3-14)29-7-9-31-10-8-29/h1-6,11,13,19H,7-10,12H2. The molecule has 4 heterocycles. The van der Waals surface area contributed by atoms with E-state index < -0.39 is 12.3 Å². The molecule has 0 unspecified atom stereocenters. The molecule has 32 heavy (non-hydrogen) atoms. The van der Waals surface area contributed by atoms with Gasteiger partial charge in [-0.25, -0.2) is 4.68 Å². The maximum atomic E-state index is 12.6. The Morgan fingerprint density at radius 1 is 0.938 bits per heavy atom. The van der Waals surface area contributed by atoms with E-state index in [4.69, 9.17) is 9.15 Å². The van der Waals surface area contributed by atoms with Gasteiger partial charge in [0.2, 0.25) is 5.89 Å². The van der Waals surface area contributed by atoms with Crippen LogP contribution >= 0.6 is 0 Å². The molecule has 1 aromatic carbocycles. The van der Waals surface area contributed by atoms with Crippen LogP contribution in [0.2, 0.25) is 0 Å². The Bertz CT molecular complexity index is 1170. The van der Waals surface area contributed by atoms with Gasteiger partial charge in [0.15, 0.2) is 0 Å². The first kappa shape index (κ1) is 20.2. The summed E-state index contributed by atoms with van der Waals surface area (Å²) >= 11 is 0. The van der Waals surface area contributed by atoms with Crippen molar-refractivity contribution in [2.75, 3.05) is 31.2 Å². The zero-order chi connectivity index (χ0) is 21.9. The number of hydrogen-bond donors (Lipinski definition) is 0. The summed E-state index contributed by atoms with van der Waals surface area (Å²) in [6.45, 7) is 3.68. The van der Waals surface area contributed by atoms with E-state index in [2.05, 4.69) is 42.5 Å². The predicted octanol–water partition coefficient (Wildman–Crippen LogP) is 3.21. The van der Waals surface area contributed by atoms with Gasteiger partial charge in [-0.3, -0.25) is 4.98 Å². The topological polar surface area (TPSA) is 95.0 Å². The first-order chi connectivity index (χ1) is 15.7. The highest BCUT2D eigenvalue weighted by atomic mass is 19.3. The Morgan fingerprint density at radius 2 is 1.72 bits per heavy atom. The van der Waals surface area contributed by atoms with Crippen molar-refractivity contribution in [3.63, 3.8) is 0 Å². The van der Waals surface area contributed by atoms with E-state index in [-0.39, 0.29) is 5.89 Å². The monoisotopic (exact) mass is 439 g/mol. The van der Waals surface area contributed by atoms with E-state index in [0.717, 1.165) is 48.9 Å². The zero-order valence-corrected chi connectivity index (χ0v) is 16.9. The molecule has 0 spiro atoms. The van der Waals surface area contributed by atoms with Crippen LogP contribution in [-0.4, -0.2) is 56.5 Å². The van der Waals surface area contributed by atoms with Crippen LogP contribution in [0, 0.1) is 0 Å². The SMILES string of the molecule is FC(F)c1nnc(-c2ccc(Cn3cc(-c4ccc(N5CCOCC5)cc4)nn3)nc2)o1. The van der Waals surface area contributed by atoms with Crippen LogP contribution in [0.5, 0.6) is 0 Å². The van der Waals surface area contributed by atoms with Crippen LogP contribution < -0.4 is 4.90 Å². The Kier molecular flexibility index (Phi) is 5.55. The van der Waals surface area contributed by atoms with Crippen LogP contribution in [0.1, 0.15) is 18.0 Å². The number of pyridine rings is 1. The average molecular weight is 439 g/mol. The van der Waals surface area contributed by atoms with Crippen LogP contribution in [-0.2, 0) is 11.3 Å². The minimum Gasteiger partial charge on any atom is -0.415 e. The van der Waals surface area contributed by atoms with Gasteiger partial charge >= 0.3 is 6.43 Å². The Hall–Kier alpha value is -3.73. The Balaban J connectivity index is 1.25. The zero-order valence-electron chi connectivity index (χ0n) is 16.9. The van der Waals surface area contributed by atoms with Crippen molar-refractivity contribution < 1.29 is 17.9 Å². The summed E-state index contributed by atoms with van der Waals surface area (Å²) < 4.78 is 37.2. The summed E-state index contributed by atoms with van der Waals surface area (Å²) in [5.74, 6) is -0.708. The lowest BCUT2D eigenvalue weighted by molar-refractivity contribution is 0.116. The molecular formula is C21H19F2N7O2. The van der Waals surface area contributed by atoms with E-state index >= 15 is 0 Å². The van der Waals surface area contributed by atoms with E-state index in [1.807, 2.05) is 18.3 Å². The highest BCUT2D eigenvalue weighted by Crippen LogP contribution is 2.24. The highest BCUT2D eigenvalue weighted by Gasteiger charge is 2.17. The van der Waals surface area contributed by atoms with Crippen LogP contribution in [0.4, 0.5) is 14.5 Å². The molecule has 0 saturated carbocycles. The van der Waals surface area contributed by atoms with Crippen LogP contribution in [0.15, 0.2) is 53.2 Å². The van der Waals surface area contributed by atoms with Gasteiger partial charge in [-0.05, 0) is 24.3 Å². The fraction of sp³-hybridized carbons (Fsp3) is 0.286. The van der Waals surface area contributed by atoms with Crippen molar-refractivity contribution >= 4 is 5.69 Å². The van der Waals surface area contributed by atoms with E-state index in [9.17, 15) is 8.78 Å². The van der Waals surface area contributed by atoms with Gasteiger partial charge in [0.25, 0.3) is 5.89 Å². The molecule has 0 amide bonds. The van der Waals surface area contributed by atoms with Gasteiger partial charge in [0, 0.05) is 30.5 Å². The Labute approximate surface area is 181 Å². The molecular weight excluding hydrogens is 420 g/mol. The van der Waals surface area contributed by atoms with Gasteiger partial charge < -0.3 is 14.1 Å². The maximum Gasteiger partial charge on any atom is 0.314 e. The number of nitrogens with zero attached hydrogens (tertiary/aromatic N) is 7. The lowest BCUT2D eigenvalue weighted by Crippen LogP contribution is -2.36. The lowest BCUT2D eigenvalue weighted by atomic mass is 10.1. The minimum atomic E-state index is -2.81. The highest BCUT2D eigenvalue weighted by molar-refractivity contribution is 5.62. The second-order valence-corrected chi connectivity index (χ2v) is 7.23. The summed E-state index contributed by atoms with van der Waals surface area (Å²) in [7, 11) is 0. The predicted molar refractivity (Wildman–Crippen MR) is 110 cm³/mol. The van der Waals surface area contributed by atoms with Gasteiger partial charge in [0.1, 0.15) is 5.69 Å². The maximum absolute atomic E-state index is 12.6. The molecule has 11 heteroatoms. The smallest absolute Gasteiger partial charge is 0.314 e. The molecule has 1 saturated heterocycles. The summed E-state index contributed by atoms with van der Waals surface area (Å²) in [5, 5.41) is 15.4. The second kappa shape index (κ2) is 8.79. The first-order valence-corrected chi connectivity index (χ1v) is 10.1. The molecule has 0 radical (unpaired) electrons. The molecule has 1 aliphatic heterocycles. The van der Waals surface area contributed by atoms with Crippen molar-refractivity contribution in [3.8, 4) is 22.7 Å². The van der Waals surface area contributed by atoms with Crippen molar-refractivity contribution in [2.24, 2.45) is 0 Å². The summed E-state index contributed by atoms with van der Waals surface area (Å²) in [6.07, 6.45) is 0.549. The molecule has 5 rings (SSSR count). The molecule has 9 nitrogen and oxygen atoms in total. The molecule has 0 N–H and O–H groups in total. The average Bonchev–Trinajstić information content (AvgIpc) is 3.51. The normalized spacial score (nSPS) is 14.3. The molecule has 1 aliphatic rings. The molecule has 0 atom stereocenters. The van der Waals surface area contributed by atoms with Gasteiger partial charge in [0.05, 0.1) is 37.2 Å². The second-order valence-electron chi connectivity index (χ2n) is 7.23. The molecule has 1 fully saturated rings. The largest absolute Gasteiger partial charge is 0.415 e. The molecule has 0 bridgehead atoms. The van der Waals surface area contributed by atoms with Crippen LogP contribution in [0.3, 0.4) is 0 Å². The molecule has 0 aliphatic carbocycles. The number of alkyl halides is 2. The molecule has 3 aromatic heterocycles. The number of hydrogen-bond acceptors (Lipinski definition) is 8. The number of halogens is 2. The number of benzene rings is 1. The quantitative estimate of drug-likeness (QED) is 0.452. The van der Waals surface area contributed by atoms with Gasteiger partial charge in [-0.1, -0.05) is 17.3 Å². The number of anilines is 1. The fourth-order valence-corrected chi connectivity index (χ4v) is 3.42. The van der Waals surface area contributed by atoms with Crippen molar-refractivity contribution in [1.82, 2.24) is 30.2 Å². The van der Waals surface area contributed by atoms with Crippen molar-refractivity contribution in [3.05, 3.63) is 60.4 Å². The molecule has 164 valence electrons. The number of ether oxygens (including phenoxy) is 1. The number of morpholine rings is 1. The van der Waals surface area contributed by atoms with Gasteiger partial charge in [-0.2, -0.15) is 8.78 Å². The molecule has 4 aromatic rings. The first-order valence-electron chi connectivity index (χ1n) is 10.1. The number of aromatic nitrogens is 6. The van der Waals surface area contributed by atoms with Crippen molar-refractivity contribution in [1.29, 1.82) is 0 Å².